The number of primary sulfonamides is 1. The molecule has 3 N–H and O–H groups in total. The molecule has 3 aromatic carbocycles. The largest absolute Gasteiger partial charge is 0.351 e. The number of nitrogens with one attached hydrogen (secondary N) is 1. The number of hydrogen-bond acceptors (Lipinski definition) is 4. The van der Waals surface area contributed by atoms with Crippen LogP contribution in [0.15, 0.2) is 95.9 Å². The highest BCUT2D eigenvalue weighted by molar-refractivity contribution is 7.89. The fraction of sp³-hybridized carbons (Fsp3) is 0.120. The molecule has 0 aliphatic rings. The van der Waals surface area contributed by atoms with Crippen molar-refractivity contribution in [2.45, 2.75) is 24.3 Å². The minimum absolute atomic E-state index is 0.0218. The fourth-order valence-corrected chi connectivity index (χ4v) is 3.99. The van der Waals surface area contributed by atoms with Crippen LogP contribution in [0, 0.1) is 0 Å². The topological polar surface area (TPSA) is 107 Å². The summed E-state index contributed by atoms with van der Waals surface area (Å²) in [6, 6.07) is 27.4. The van der Waals surface area contributed by atoms with Gasteiger partial charge in [-0.05, 0) is 42.8 Å². The van der Waals surface area contributed by atoms with Gasteiger partial charge in [-0.3, -0.25) is 4.79 Å². The number of carbonyl (C=O) groups is 1. The van der Waals surface area contributed by atoms with Gasteiger partial charge in [0.1, 0.15) is 0 Å². The molecule has 8 heteroatoms. The highest BCUT2D eigenvalue weighted by Gasteiger charge is 2.21. The van der Waals surface area contributed by atoms with Crippen LogP contribution in [0.3, 0.4) is 0 Å². The van der Waals surface area contributed by atoms with E-state index in [4.69, 9.17) is 10.2 Å². The maximum absolute atomic E-state index is 12.8. The molecule has 4 rings (SSSR count). The van der Waals surface area contributed by atoms with Crippen molar-refractivity contribution < 1.29 is 13.2 Å². The summed E-state index contributed by atoms with van der Waals surface area (Å²) >= 11 is 0. The van der Waals surface area contributed by atoms with E-state index < -0.39 is 15.9 Å². The van der Waals surface area contributed by atoms with Crippen LogP contribution in [0.5, 0.6) is 0 Å². The Bertz CT molecular complexity index is 1350. The van der Waals surface area contributed by atoms with Gasteiger partial charge in [-0.2, -0.15) is 5.10 Å². The number of nitrogens with zero attached hydrogens (tertiary/aromatic N) is 2. The first-order valence-corrected chi connectivity index (χ1v) is 12.0. The van der Waals surface area contributed by atoms with Crippen LogP contribution in [0.25, 0.3) is 16.9 Å². The average molecular weight is 461 g/mol. The van der Waals surface area contributed by atoms with Gasteiger partial charge in [0.25, 0.3) is 0 Å². The molecule has 0 saturated carbocycles. The minimum atomic E-state index is -3.80. The molecule has 33 heavy (non-hydrogen) atoms. The Kier molecular flexibility index (Phi) is 6.39. The van der Waals surface area contributed by atoms with Gasteiger partial charge in [-0.1, -0.05) is 60.7 Å². The second-order valence-corrected chi connectivity index (χ2v) is 9.26. The summed E-state index contributed by atoms with van der Waals surface area (Å²) in [5, 5.41) is 12.9. The smallest absolute Gasteiger partial charge is 0.238 e. The molecule has 1 unspecified atom stereocenters. The Hall–Kier alpha value is -3.75. The molecule has 168 valence electrons. The molecule has 0 radical (unpaired) electrons. The third-order valence-electron chi connectivity index (χ3n) is 5.35. The van der Waals surface area contributed by atoms with Crippen LogP contribution >= 0.6 is 0 Å². The number of carbonyl (C=O) groups excluding carboxylic acids is 1. The first-order chi connectivity index (χ1) is 15.8. The maximum Gasteiger partial charge on any atom is 0.238 e. The predicted octanol–water partition coefficient (Wildman–Crippen LogP) is 3.61. The Morgan fingerprint density at radius 2 is 1.58 bits per heavy atom. The molecule has 0 aliphatic heterocycles. The van der Waals surface area contributed by atoms with Gasteiger partial charge in [0, 0.05) is 12.1 Å². The van der Waals surface area contributed by atoms with Gasteiger partial charge in [0.15, 0.2) is 0 Å². The molecule has 1 aromatic heterocycles. The molecule has 0 spiro atoms. The van der Waals surface area contributed by atoms with Gasteiger partial charge in [0.05, 0.1) is 27.9 Å². The van der Waals surface area contributed by atoms with E-state index in [1.807, 2.05) is 73.7 Å². The summed E-state index contributed by atoms with van der Waals surface area (Å²) in [5.41, 5.74) is 3.99. The second-order valence-electron chi connectivity index (χ2n) is 7.70. The number of sulfonamides is 1. The van der Waals surface area contributed by atoms with Crippen molar-refractivity contribution in [1.82, 2.24) is 15.1 Å². The van der Waals surface area contributed by atoms with Gasteiger partial charge in [-0.25, -0.2) is 18.2 Å². The van der Waals surface area contributed by atoms with Crippen molar-refractivity contribution >= 4 is 15.9 Å². The summed E-state index contributed by atoms with van der Waals surface area (Å²) in [5.74, 6) is -0.617. The van der Waals surface area contributed by atoms with Crippen molar-refractivity contribution in [3.05, 3.63) is 102 Å². The first-order valence-electron chi connectivity index (χ1n) is 10.4. The van der Waals surface area contributed by atoms with Crippen LogP contribution in [0.4, 0.5) is 0 Å². The average Bonchev–Trinajstić information content (AvgIpc) is 3.28. The number of rotatable bonds is 7. The zero-order valence-corrected chi connectivity index (χ0v) is 18.9. The molecule has 0 fully saturated rings. The minimum Gasteiger partial charge on any atom is -0.351 e. The summed E-state index contributed by atoms with van der Waals surface area (Å²) in [7, 11) is -3.80. The zero-order valence-electron chi connectivity index (χ0n) is 18.0. The van der Waals surface area contributed by atoms with Crippen molar-refractivity contribution in [1.29, 1.82) is 0 Å². The van der Waals surface area contributed by atoms with E-state index in [9.17, 15) is 13.2 Å². The SMILES string of the molecule is CC(C(=O)NCc1ccccc1)c1cc(-c2ccccc2)n(-c2ccc(S(N)(=O)=O)cc2)n1. The molecule has 0 bridgehead atoms. The van der Waals surface area contributed by atoms with Crippen molar-refractivity contribution in [3.8, 4) is 16.9 Å². The Balaban J connectivity index is 1.65. The van der Waals surface area contributed by atoms with E-state index in [0.29, 0.717) is 17.9 Å². The lowest BCUT2D eigenvalue weighted by Gasteiger charge is -2.10. The Morgan fingerprint density at radius 3 is 2.18 bits per heavy atom. The van der Waals surface area contributed by atoms with E-state index in [1.54, 1.807) is 16.8 Å². The lowest BCUT2D eigenvalue weighted by atomic mass is 10.0. The molecule has 1 amide bonds. The van der Waals surface area contributed by atoms with Gasteiger partial charge < -0.3 is 5.32 Å². The molecular formula is C25H24N4O3S. The van der Waals surface area contributed by atoms with E-state index in [2.05, 4.69) is 5.32 Å². The molecule has 1 heterocycles. The molecule has 4 aromatic rings. The van der Waals surface area contributed by atoms with E-state index in [-0.39, 0.29) is 10.8 Å². The van der Waals surface area contributed by atoms with Crippen molar-refractivity contribution in [2.75, 3.05) is 0 Å². The normalized spacial score (nSPS) is 12.3. The lowest BCUT2D eigenvalue weighted by molar-refractivity contribution is -0.122. The van der Waals surface area contributed by atoms with Crippen LogP contribution in [-0.2, 0) is 21.4 Å². The molecule has 7 nitrogen and oxygen atoms in total. The van der Waals surface area contributed by atoms with Crippen molar-refractivity contribution in [3.63, 3.8) is 0 Å². The van der Waals surface area contributed by atoms with Crippen LogP contribution < -0.4 is 10.5 Å². The number of hydrogen-bond donors (Lipinski definition) is 2. The van der Waals surface area contributed by atoms with Gasteiger partial charge in [0.2, 0.25) is 15.9 Å². The second kappa shape index (κ2) is 9.40. The standard InChI is InChI=1S/C25H24N4O3S/c1-18(25(30)27-17-19-8-4-2-5-9-19)23-16-24(20-10-6-3-7-11-20)29(28-23)21-12-14-22(15-13-21)33(26,31)32/h2-16,18H,17H2,1H3,(H,27,30)(H2,26,31,32). The Labute approximate surface area is 192 Å². The Morgan fingerprint density at radius 1 is 0.970 bits per heavy atom. The summed E-state index contributed by atoms with van der Waals surface area (Å²) in [4.78, 5) is 12.8. The molecular weight excluding hydrogens is 436 g/mol. The molecule has 1 atom stereocenters. The maximum atomic E-state index is 12.8. The van der Waals surface area contributed by atoms with Crippen LogP contribution in [-0.4, -0.2) is 24.1 Å². The van der Waals surface area contributed by atoms with E-state index in [0.717, 1.165) is 16.8 Å². The molecule has 0 saturated heterocycles. The predicted molar refractivity (Wildman–Crippen MR) is 127 cm³/mol. The van der Waals surface area contributed by atoms with E-state index >= 15 is 0 Å². The summed E-state index contributed by atoms with van der Waals surface area (Å²) < 4.78 is 24.9. The van der Waals surface area contributed by atoms with E-state index in [1.165, 1.54) is 12.1 Å². The number of amides is 1. The number of nitrogens with two attached hydrogens (primary N) is 1. The quantitative estimate of drug-likeness (QED) is 0.439. The van der Waals surface area contributed by atoms with Gasteiger partial charge in [-0.15, -0.1) is 0 Å². The summed E-state index contributed by atoms with van der Waals surface area (Å²) in [6.45, 7) is 2.25. The molecule has 0 aliphatic carbocycles. The third kappa shape index (κ3) is 5.19. The number of aromatic nitrogens is 2. The van der Waals surface area contributed by atoms with Gasteiger partial charge >= 0.3 is 0 Å². The van der Waals surface area contributed by atoms with Crippen LogP contribution in [0.2, 0.25) is 0 Å². The summed E-state index contributed by atoms with van der Waals surface area (Å²) in [6.07, 6.45) is 0. The van der Waals surface area contributed by atoms with Crippen LogP contribution in [0.1, 0.15) is 24.1 Å². The fourth-order valence-electron chi connectivity index (χ4n) is 3.47. The van der Waals surface area contributed by atoms with Crippen molar-refractivity contribution in [2.24, 2.45) is 5.14 Å². The first kappa shape index (κ1) is 22.4. The zero-order chi connectivity index (χ0) is 23.4. The monoisotopic (exact) mass is 460 g/mol. The highest BCUT2D eigenvalue weighted by atomic mass is 32.2. The number of benzene rings is 3. The third-order valence-corrected chi connectivity index (χ3v) is 6.28. The highest BCUT2D eigenvalue weighted by Crippen LogP contribution is 2.27. The lowest BCUT2D eigenvalue weighted by Crippen LogP contribution is -2.27.